The lowest BCUT2D eigenvalue weighted by molar-refractivity contribution is -0.123. The van der Waals surface area contributed by atoms with Crippen LogP contribution in [-0.4, -0.2) is 30.9 Å². The Morgan fingerprint density at radius 3 is 2.23 bits per heavy atom. The molecule has 124 valence electrons. The second-order valence-electron chi connectivity index (χ2n) is 4.87. The summed E-state index contributed by atoms with van der Waals surface area (Å²) in [7, 11) is 0. The molecule has 1 aromatic rings. The van der Waals surface area contributed by atoms with Gasteiger partial charge in [-0.25, -0.2) is 8.78 Å². The van der Waals surface area contributed by atoms with E-state index < -0.39 is 35.1 Å². The van der Waals surface area contributed by atoms with Gasteiger partial charge in [0, 0.05) is 13.1 Å². The van der Waals surface area contributed by atoms with E-state index in [1.54, 1.807) is 13.8 Å². The molecule has 0 aromatic heterocycles. The number of carbonyl (C=O) groups is 2. The summed E-state index contributed by atoms with van der Waals surface area (Å²) in [5.74, 6) is -3.61. The van der Waals surface area contributed by atoms with Crippen molar-refractivity contribution < 1.29 is 18.4 Å². The molecule has 1 rings (SSSR count). The van der Waals surface area contributed by atoms with Crippen LogP contribution in [0.25, 0.3) is 0 Å². The number of rotatable bonds is 6. The summed E-state index contributed by atoms with van der Waals surface area (Å²) < 4.78 is 27.1. The van der Waals surface area contributed by atoms with Crippen molar-refractivity contribution in [2.75, 3.05) is 13.1 Å². The van der Waals surface area contributed by atoms with Crippen LogP contribution in [0.15, 0.2) is 18.2 Å². The number of hydrogen-bond donors (Lipinski definition) is 3. The molecule has 1 aromatic carbocycles. The molecular formula is C14H20ClF2N3O2. The lowest BCUT2D eigenvalue weighted by Crippen LogP contribution is -2.50. The van der Waals surface area contributed by atoms with Crippen LogP contribution >= 0.6 is 12.4 Å². The second kappa shape index (κ2) is 9.32. The normalized spacial score (nSPS) is 11.5. The smallest absolute Gasteiger partial charge is 0.257 e. The number of carbonyl (C=O) groups excluding carboxylic acids is 2. The Bertz CT molecular complexity index is 507. The van der Waals surface area contributed by atoms with E-state index in [4.69, 9.17) is 5.73 Å². The van der Waals surface area contributed by atoms with Crippen molar-refractivity contribution in [1.82, 2.24) is 10.6 Å². The Kier molecular flexibility index (Phi) is 8.59. The molecule has 0 aliphatic heterocycles. The zero-order chi connectivity index (χ0) is 16.0. The highest BCUT2D eigenvalue weighted by Gasteiger charge is 2.26. The molecule has 0 radical (unpaired) electrons. The van der Waals surface area contributed by atoms with Crippen LogP contribution < -0.4 is 16.4 Å². The van der Waals surface area contributed by atoms with Crippen LogP contribution in [0, 0.1) is 17.6 Å². The molecule has 1 atom stereocenters. The molecule has 0 fully saturated rings. The third kappa shape index (κ3) is 5.23. The Morgan fingerprint density at radius 2 is 1.77 bits per heavy atom. The average Bonchev–Trinajstić information content (AvgIpc) is 2.41. The molecule has 0 spiro atoms. The van der Waals surface area contributed by atoms with E-state index in [9.17, 15) is 18.4 Å². The van der Waals surface area contributed by atoms with Gasteiger partial charge in [0.25, 0.3) is 5.91 Å². The van der Waals surface area contributed by atoms with Gasteiger partial charge in [-0.1, -0.05) is 19.9 Å². The predicted octanol–water partition coefficient (Wildman–Crippen LogP) is 1.22. The van der Waals surface area contributed by atoms with Crippen LogP contribution in [0.3, 0.4) is 0 Å². The average molecular weight is 336 g/mol. The van der Waals surface area contributed by atoms with Gasteiger partial charge in [-0.15, -0.1) is 12.4 Å². The van der Waals surface area contributed by atoms with E-state index in [1.807, 2.05) is 0 Å². The van der Waals surface area contributed by atoms with Crippen LogP contribution in [-0.2, 0) is 4.79 Å². The number of hydrogen-bond acceptors (Lipinski definition) is 3. The summed E-state index contributed by atoms with van der Waals surface area (Å²) in [6, 6.07) is 2.23. The maximum atomic E-state index is 13.5. The molecule has 5 nitrogen and oxygen atoms in total. The fourth-order valence-electron chi connectivity index (χ4n) is 1.77. The molecule has 1 unspecified atom stereocenters. The van der Waals surface area contributed by atoms with Crippen molar-refractivity contribution in [2.24, 2.45) is 11.7 Å². The van der Waals surface area contributed by atoms with Gasteiger partial charge in [0.05, 0.1) is 0 Å². The molecule has 0 saturated carbocycles. The third-order valence-corrected chi connectivity index (χ3v) is 2.87. The van der Waals surface area contributed by atoms with Crippen molar-refractivity contribution in [3.05, 3.63) is 35.4 Å². The summed E-state index contributed by atoms with van der Waals surface area (Å²) in [5, 5.41) is 4.88. The molecule has 0 bridgehead atoms. The molecule has 22 heavy (non-hydrogen) atoms. The summed E-state index contributed by atoms with van der Waals surface area (Å²) in [5.41, 5.74) is 4.58. The quantitative estimate of drug-likeness (QED) is 0.730. The van der Waals surface area contributed by atoms with E-state index in [0.29, 0.717) is 0 Å². The van der Waals surface area contributed by atoms with E-state index >= 15 is 0 Å². The molecule has 0 aliphatic carbocycles. The Hall–Kier alpha value is -1.73. The summed E-state index contributed by atoms with van der Waals surface area (Å²) in [6.07, 6.45) is 0. The van der Waals surface area contributed by atoms with Gasteiger partial charge in [0.1, 0.15) is 23.2 Å². The molecule has 0 saturated heterocycles. The van der Waals surface area contributed by atoms with Crippen molar-refractivity contribution in [1.29, 1.82) is 0 Å². The molecule has 0 aliphatic rings. The molecule has 2 amide bonds. The summed E-state index contributed by atoms with van der Waals surface area (Å²) in [4.78, 5) is 23.9. The van der Waals surface area contributed by atoms with Crippen LogP contribution in [0.5, 0.6) is 0 Å². The monoisotopic (exact) mass is 335 g/mol. The number of amides is 2. The maximum Gasteiger partial charge on any atom is 0.257 e. The first-order chi connectivity index (χ1) is 9.88. The van der Waals surface area contributed by atoms with Gasteiger partial charge in [0.2, 0.25) is 5.91 Å². The topological polar surface area (TPSA) is 84.2 Å². The van der Waals surface area contributed by atoms with Crippen LogP contribution in [0.2, 0.25) is 0 Å². The minimum absolute atomic E-state index is 0. The van der Waals surface area contributed by atoms with Crippen LogP contribution in [0.1, 0.15) is 24.2 Å². The number of nitrogens with one attached hydrogen (secondary N) is 2. The van der Waals surface area contributed by atoms with E-state index in [2.05, 4.69) is 10.6 Å². The lowest BCUT2D eigenvalue weighted by atomic mass is 10.0. The first-order valence-electron chi connectivity index (χ1n) is 6.61. The minimum atomic E-state index is -0.975. The maximum absolute atomic E-state index is 13.5. The fourth-order valence-corrected chi connectivity index (χ4v) is 1.77. The van der Waals surface area contributed by atoms with E-state index in [1.165, 1.54) is 0 Å². The fraction of sp³-hybridized carbons (Fsp3) is 0.429. The van der Waals surface area contributed by atoms with Crippen molar-refractivity contribution in [3.63, 3.8) is 0 Å². The highest BCUT2D eigenvalue weighted by Crippen LogP contribution is 2.13. The molecule has 8 heteroatoms. The first-order valence-corrected chi connectivity index (χ1v) is 6.61. The van der Waals surface area contributed by atoms with Gasteiger partial charge in [-0.2, -0.15) is 0 Å². The predicted molar refractivity (Wildman–Crippen MR) is 81.8 cm³/mol. The van der Waals surface area contributed by atoms with Gasteiger partial charge in [-0.3, -0.25) is 9.59 Å². The van der Waals surface area contributed by atoms with Gasteiger partial charge in [-0.05, 0) is 18.1 Å². The molecule has 0 heterocycles. The lowest BCUT2D eigenvalue weighted by Gasteiger charge is -2.21. The molecule has 4 N–H and O–H groups in total. The third-order valence-electron chi connectivity index (χ3n) is 2.87. The highest BCUT2D eigenvalue weighted by molar-refractivity contribution is 5.98. The SMILES string of the molecule is CC(C)C(NC(=O)c1c(F)cccc1F)C(=O)NCCN.Cl. The van der Waals surface area contributed by atoms with Crippen molar-refractivity contribution >= 4 is 24.2 Å². The Balaban J connectivity index is 0.00000441. The van der Waals surface area contributed by atoms with Crippen LogP contribution in [0.4, 0.5) is 8.78 Å². The van der Waals surface area contributed by atoms with Gasteiger partial charge >= 0.3 is 0 Å². The van der Waals surface area contributed by atoms with Crippen molar-refractivity contribution in [2.45, 2.75) is 19.9 Å². The van der Waals surface area contributed by atoms with E-state index in [0.717, 1.165) is 18.2 Å². The first kappa shape index (κ1) is 20.3. The number of halogens is 3. The zero-order valence-electron chi connectivity index (χ0n) is 12.4. The standard InChI is InChI=1S/C14H19F2N3O2.ClH/c1-8(2)12(14(21)18-7-6-17)19-13(20)11-9(15)4-3-5-10(11)16;/h3-5,8,12H,6-7,17H2,1-2H3,(H,18,21)(H,19,20);1H. The zero-order valence-corrected chi connectivity index (χ0v) is 13.2. The summed E-state index contributed by atoms with van der Waals surface area (Å²) >= 11 is 0. The van der Waals surface area contributed by atoms with Crippen molar-refractivity contribution in [3.8, 4) is 0 Å². The summed E-state index contributed by atoms with van der Waals surface area (Å²) in [6.45, 7) is 3.94. The molecular weight excluding hydrogens is 316 g/mol. The number of benzene rings is 1. The largest absolute Gasteiger partial charge is 0.353 e. The van der Waals surface area contributed by atoms with Gasteiger partial charge < -0.3 is 16.4 Å². The highest BCUT2D eigenvalue weighted by atomic mass is 35.5. The number of nitrogens with two attached hydrogens (primary N) is 1. The Labute approximate surface area is 134 Å². The van der Waals surface area contributed by atoms with Gasteiger partial charge in [0.15, 0.2) is 0 Å². The second-order valence-corrected chi connectivity index (χ2v) is 4.87. The van der Waals surface area contributed by atoms with E-state index in [-0.39, 0.29) is 31.4 Å². The Morgan fingerprint density at radius 1 is 1.23 bits per heavy atom. The minimum Gasteiger partial charge on any atom is -0.353 e.